The van der Waals surface area contributed by atoms with Gasteiger partial charge in [-0.25, -0.2) is 0 Å². The largest absolute Gasteiger partial charge is 0.292 e. The molecule has 0 amide bonds. The van der Waals surface area contributed by atoms with Gasteiger partial charge in [0.15, 0.2) is 5.78 Å². The molecule has 0 heterocycles. The Morgan fingerprint density at radius 3 is 2.40 bits per heavy atom. The maximum absolute atomic E-state index is 12.5. The third-order valence-electron chi connectivity index (χ3n) is 2.79. The molecule has 0 aromatic heterocycles. The van der Waals surface area contributed by atoms with Crippen LogP contribution in [0.2, 0.25) is 5.02 Å². The number of nitrogens with zero attached hydrogens (tertiary/aromatic N) is 1. The molecule has 0 saturated carbocycles. The van der Waals surface area contributed by atoms with E-state index in [0.717, 1.165) is 4.47 Å². The SMILES string of the molecule is N#CC(C(=O)c1cc(Cl)ccc1Br)c1ccc(Br)cc1. The second-order valence-corrected chi connectivity index (χ2v) is 6.31. The van der Waals surface area contributed by atoms with Gasteiger partial charge in [-0.3, -0.25) is 4.79 Å². The first kappa shape index (κ1) is 15.2. The molecule has 5 heteroatoms. The van der Waals surface area contributed by atoms with E-state index in [9.17, 15) is 10.1 Å². The summed E-state index contributed by atoms with van der Waals surface area (Å²) in [6.07, 6.45) is 0. The maximum Gasteiger partial charge on any atom is 0.185 e. The van der Waals surface area contributed by atoms with Crippen LogP contribution in [0.1, 0.15) is 21.8 Å². The molecule has 0 radical (unpaired) electrons. The van der Waals surface area contributed by atoms with Crippen LogP contribution in [-0.4, -0.2) is 5.78 Å². The van der Waals surface area contributed by atoms with Crippen molar-refractivity contribution in [3.8, 4) is 6.07 Å². The molecule has 2 aromatic rings. The Bertz CT molecular complexity index is 692. The van der Waals surface area contributed by atoms with Crippen LogP contribution in [0.4, 0.5) is 0 Å². The van der Waals surface area contributed by atoms with E-state index < -0.39 is 5.92 Å². The number of Topliss-reactive ketones (excluding diaryl/α,β-unsaturated/α-hetero) is 1. The summed E-state index contributed by atoms with van der Waals surface area (Å²) < 4.78 is 1.53. The molecule has 0 bridgehead atoms. The molecule has 2 nitrogen and oxygen atoms in total. The van der Waals surface area contributed by atoms with E-state index in [4.69, 9.17) is 11.6 Å². The van der Waals surface area contributed by atoms with E-state index in [0.29, 0.717) is 20.6 Å². The second kappa shape index (κ2) is 6.53. The quantitative estimate of drug-likeness (QED) is 0.636. The van der Waals surface area contributed by atoms with Crippen molar-refractivity contribution in [2.24, 2.45) is 0 Å². The number of halogens is 3. The zero-order chi connectivity index (χ0) is 14.7. The van der Waals surface area contributed by atoms with Crippen molar-refractivity contribution >= 4 is 49.2 Å². The topological polar surface area (TPSA) is 40.9 Å². The summed E-state index contributed by atoms with van der Waals surface area (Å²) in [7, 11) is 0. The van der Waals surface area contributed by atoms with Gasteiger partial charge in [0.05, 0.1) is 6.07 Å². The van der Waals surface area contributed by atoms with Gasteiger partial charge in [-0.15, -0.1) is 0 Å². The zero-order valence-electron chi connectivity index (χ0n) is 10.1. The highest BCUT2D eigenvalue weighted by Gasteiger charge is 2.23. The Kier molecular flexibility index (Phi) is 4.98. The van der Waals surface area contributed by atoms with Crippen molar-refractivity contribution in [3.63, 3.8) is 0 Å². The fraction of sp³-hybridized carbons (Fsp3) is 0.0667. The highest BCUT2D eigenvalue weighted by Crippen LogP contribution is 2.28. The Labute approximate surface area is 138 Å². The lowest BCUT2D eigenvalue weighted by atomic mass is 9.92. The van der Waals surface area contributed by atoms with Crippen molar-refractivity contribution in [2.45, 2.75) is 5.92 Å². The summed E-state index contributed by atoms with van der Waals surface area (Å²) in [5.74, 6) is -1.12. The Hall–Kier alpha value is -1.15. The third kappa shape index (κ3) is 3.29. The standard InChI is InChI=1S/C15H8Br2ClNO/c16-10-3-1-9(2-4-10)13(8-19)15(20)12-7-11(18)5-6-14(12)17/h1-7,13H. The fourth-order valence-corrected chi connectivity index (χ4v) is 2.66. The first-order valence-electron chi connectivity index (χ1n) is 5.67. The average Bonchev–Trinajstić information content (AvgIpc) is 2.44. The second-order valence-electron chi connectivity index (χ2n) is 4.10. The highest BCUT2D eigenvalue weighted by molar-refractivity contribution is 9.10. The van der Waals surface area contributed by atoms with Gasteiger partial charge in [-0.05, 0) is 35.9 Å². The van der Waals surface area contributed by atoms with Gasteiger partial charge >= 0.3 is 0 Å². The normalized spacial score (nSPS) is 11.7. The molecule has 0 aliphatic rings. The fourth-order valence-electron chi connectivity index (χ4n) is 1.78. The first-order valence-corrected chi connectivity index (χ1v) is 7.63. The summed E-state index contributed by atoms with van der Waals surface area (Å²) in [6, 6.07) is 14.1. The number of hydrogen-bond donors (Lipinski definition) is 0. The third-order valence-corrected chi connectivity index (χ3v) is 4.24. The molecule has 0 spiro atoms. The Morgan fingerprint density at radius 2 is 1.80 bits per heavy atom. The number of rotatable bonds is 3. The Morgan fingerprint density at radius 1 is 1.15 bits per heavy atom. The van der Waals surface area contributed by atoms with E-state index >= 15 is 0 Å². The summed E-state index contributed by atoms with van der Waals surface area (Å²) in [6.45, 7) is 0. The molecule has 0 aliphatic heterocycles. The number of benzene rings is 2. The van der Waals surface area contributed by atoms with Crippen LogP contribution in [0, 0.1) is 11.3 Å². The van der Waals surface area contributed by atoms with Gasteiger partial charge in [0.1, 0.15) is 5.92 Å². The minimum absolute atomic E-state index is 0.274. The monoisotopic (exact) mass is 411 g/mol. The Balaban J connectivity index is 2.42. The van der Waals surface area contributed by atoms with E-state index in [1.54, 1.807) is 42.5 Å². The number of carbonyl (C=O) groups is 1. The van der Waals surface area contributed by atoms with E-state index in [2.05, 4.69) is 37.9 Å². The van der Waals surface area contributed by atoms with Crippen LogP contribution < -0.4 is 0 Å². The average molecular weight is 413 g/mol. The molecular weight excluding hydrogens is 405 g/mol. The lowest BCUT2D eigenvalue weighted by Crippen LogP contribution is -2.12. The van der Waals surface area contributed by atoms with Crippen molar-refractivity contribution in [2.75, 3.05) is 0 Å². The molecule has 100 valence electrons. The molecule has 1 atom stereocenters. The van der Waals surface area contributed by atoms with Crippen molar-refractivity contribution < 1.29 is 4.79 Å². The smallest absolute Gasteiger partial charge is 0.185 e. The van der Waals surface area contributed by atoms with Gasteiger partial charge < -0.3 is 0 Å². The van der Waals surface area contributed by atoms with Gasteiger partial charge in [0, 0.05) is 19.5 Å². The molecule has 20 heavy (non-hydrogen) atoms. The highest BCUT2D eigenvalue weighted by atomic mass is 79.9. The van der Waals surface area contributed by atoms with Crippen LogP contribution in [-0.2, 0) is 0 Å². The molecule has 2 rings (SSSR count). The van der Waals surface area contributed by atoms with Gasteiger partial charge in [-0.2, -0.15) is 5.26 Å². The van der Waals surface area contributed by atoms with Crippen LogP contribution in [0.25, 0.3) is 0 Å². The van der Waals surface area contributed by atoms with Crippen LogP contribution in [0.5, 0.6) is 0 Å². The van der Waals surface area contributed by atoms with Gasteiger partial charge in [0.2, 0.25) is 0 Å². The van der Waals surface area contributed by atoms with Crippen LogP contribution in [0.3, 0.4) is 0 Å². The summed E-state index contributed by atoms with van der Waals surface area (Å²) in [5, 5.41) is 9.77. The molecule has 1 unspecified atom stereocenters. The maximum atomic E-state index is 12.5. The number of ketones is 1. The molecule has 0 saturated heterocycles. The van der Waals surface area contributed by atoms with Crippen LogP contribution in [0.15, 0.2) is 51.4 Å². The predicted octanol–water partition coefficient (Wildman–Crippen LogP) is 5.36. The number of carbonyl (C=O) groups excluding carboxylic acids is 1. The summed E-state index contributed by atoms with van der Waals surface area (Å²) in [4.78, 5) is 12.5. The van der Waals surface area contributed by atoms with Crippen LogP contribution >= 0.6 is 43.5 Å². The molecular formula is C15H8Br2ClNO. The lowest BCUT2D eigenvalue weighted by Gasteiger charge is -2.10. The number of nitriles is 1. The molecule has 0 N–H and O–H groups in total. The van der Waals surface area contributed by atoms with Crippen molar-refractivity contribution in [1.29, 1.82) is 5.26 Å². The molecule has 2 aromatic carbocycles. The molecule has 0 aliphatic carbocycles. The van der Waals surface area contributed by atoms with Crippen molar-refractivity contribution in [3.05, 3.63) is 67.6 Å². The van der Waals surface area contributed by atoms with Gasteiger partial charge in [0.25, 0.3) is 0 Å². The summed E-state index contributed by atoms with van der Waals surface area (Å²) in [5.41, 5.74) is 1.07. The summed E-state index contributed by atoms with van der Waals surface area (Å²) >= 11 is 12.6. The minimum Gasteiger partial charge on any atom is -0.292 e. The van der Waals surface area contributed by atoms with E-state index in [1.165, 1.54) is 0 Å². The van der Waals surface area contributed by atoms with Crippen molar-refractivity contribution in [1.82, 2.24) is 0 Å². The zero-order valence-corrected chi connectivity index (χ0v) is 14.0. The molecule has 0 fully saturated rings. The predicted molar refractivity (Wildman–Crippen MR) is 86.0 cm³/mol. The van der Waals surface area contributed by atoms with Gasteiger partial charge in [-0.1, -0.05) is 55.6 Å². The van der Waals surface area contributed by atoms with E-state index in [-0.39, 0.29) is 5.78 Å². The lowest BCUT2D eigenvalue weighted by molar-refractivity contribution is 0.0978. The minimum atomic E-state index is -0.849. The van der Waals surface area contributed by atoms with E-state index in [1.807, 2.05) is 0 Å². The first-order chi connectivity index (χ1) is 9.52. The number of hydrogen-bond acceptors (Lipinski definition) is 2.